The molecule has 0 aromatic heterocycles. The van der Waals surface area contributed by atoms with Crippen molar-refractivity contribution in [1.82, 2.24) is 15.1 Å². The van der Waals surface area contributed by atoms with Gasteiger partial charge in [0.15, 0.2) is 0 Å². The van der Waals surface area contributed by atoms with Crippen molar-refractivity contribution in [3.8, 4) is 0 Å². The summed E-state index contributed by atoms with van der Waals surface area (Å²) in [4.78, 5) is 16.9. The third kappa shape index (κ3) is 6.32. The lowest BCUT2D eigenvalue weighted by molar-refractivity contribution is -0.122. The van der Waals surface area contributed by atoms with Crippen molar-refractivity contribution in [2.24, 2.45) is 5.41 Å². The summed E-state index contributed by atoms with van der Waals surface area (Å²) in [5, 5.41) is 3.07. The zero-order valence-electron chi connectivity index (χ0n) is 15.1. The summed E-state index contributed by atoms with van der Waals surface area (Å²) in [6.07, 6.45) is 0.563. The highest BCUT2D eigenvalue weighted by atomic mass is 16.1. The summed E-state index contributed by atoms with van der Waals surface area (Å²) in [5.74, 6) is 0.131. The van der Waals surface area contributed by atoms with Gasteiger partial charge < -0.3 is 10.2 Å². The predicted molar refractivity (Wildman–Crippen MR) is 95.1 cm³/mol. The maximum absolute atomic E-state index is 12.0. The van der Waals surface area contributed by atoms with Gasteiger partial charge in [-0.05, 0) is 23.6 Å². The number of amides is 1. The van der Waals surface area contributed by atoms with E-state index in [-0.39, 0.29) is 11.3 Å². The van der Waals surface area contributed by atoms with Gasteiger partial charge in [0.05, 0.1) is 0 Å². The fourth-order valence-electron chi connectivity index (χ4n) is 2.87. The highest BCUT2D eigenvalue weighted by Crippen LogP contribution is 2.18. The van der Waals surface area contributed by atoms with Crippen LogP contribution in [-0.2, 0) is 17.9 Å². The summed E-state index contributed by atoms with van der Waals surface area (Å²) < 4.78 is 0. The molecule has 2 rings (SSSR count). The molecule has 1 aromatic carbocycles. The molecule has 1 aliphatic heterocycles. The largest absolute Gasteiger partial charge is 0.352 e. The molecule has 0 bridgehead atoms. The van der Waals surface area contributed by atoms with Gasteiger partial charge in [-0.2, -0.15) is 0 Å². The maximum atomic E-state index is 12.0. The van der Waals surface area contributed by atoms with Gasteiger partial charge in [-0.25, -0.2) is 0 Å². The zero-order chi connectivity index (χ0) is 16.9. The van der Waals surface area contributed by atoms with Gasteiger partial charge in [0.2, 0.25) is 5.91 Å². The number of carbonyl (C=O) groups excluding carboxylic acids is 1. The number of piperazine rings is 1. The van der Waals surface area contributed by atoms with E-state index in [9.17, 15) is 4.79 Å². The van der Waals surface area contributed by atoms with Crippen molar-refractivity contribution in [3.63, 3.8) is 0 Å². The van der Waals surface area contributed by atoms with Gasteiger partial charge in [-0.1, -0.05) is 45.0 Å². The third-order valence-electron chi connectivity index (χ3n) is 4.28. The Morgan fingerprint density at radius 1 is 1.09 bits per heavy atom. The van der Waals surface area contributed by atoms with Gasteiger partial charge in [0.1, 0.15) is 0 Å². The quantitative estimate of drug-likeness (QED) is 0.906. The molecule has 1 aromatic rings. The lowest BCUT2D eigenvalue weighted by Gasteiger charge is -2.32. The smallest absolute Gasteiger partial charge is 0.220 e. The maximum Gasteiger partial charge on any atom is 0.220 e. The number of hydrogen-bond acceptors (Lipinski definition) is 3. The second-order valence-corrected chi connectivity index (χ2v) is 7.86. The van der Waals surface area contributed by atoms with Gasteiger partial charge >= 0.3 is 0 Å². The van der Waals surface area contributed by atoms with Crippen molar-refractivity contribution in [2.75, 3.05) is 33.2 Å². The van der Waals surface area contributed by atoms with Crippen LogP contribution in [0.2, 0.25) is 0 Å². The van der Waals surface area contributed by atoms with Crippen LogP contribution in [0.15, 0.2) is 24.3 Å². The lowest BCUT2D eigenvalue weighted by Crippen LogP contribution is -2.44. The molecule has 128 valence electrons. The van der Waals surface area contributed by atoms with Crippen molar-refractivity contribution in [1.29, 1.82) is 0 Å². The number of carbonyl (C=O) groups is 1. The highest BCUT2D eigenvalue weighted by Gasteiger charge is 2.17. The molecule has 0 radical (unpaired) electrons. The molecule has 0 saturated carbocycles. The SMILES string of the molecule is CN1CCN(Cc2ccccc2CNC(=O)CC(C)(C)C)CC1. The Hall–Kier alpha value is -1.39. The van der Waals surface area contributed by atoms with E-state index in [0.717, 1.165) is 32.7 Å². The fraction of sp³-hybridized carbons (Fsp3) is 0.632. The Morgan fingerprint density at radius 2 is 1.70 bits per heavy atom. The van der Waals surface area contributed by atoms with E-state index in [0.29, 0.717) is 13.0 Å². The summed E-state index contributed by atoms with van der Waals surface area (Å²) in [7, 11) is 2.18. The second-order valence-electron chi connectivity index (χ2n) is 7.86. The molecular formula is C19H31N3O. The van der Waals surface area contributed by atoms with Crippen LogP contribution in [0.1, 0.15) is 38.3 Å². The Bertz CT molecular complexity index is 514. The Labute approximate surface area is 140 Å². The van der Waals surface area contributed by atoms with E-state index in [1.807, 2.05) is 0 Å². The van der Waals surface area contributed by atoms with Crippen molar-refractivity contribution in [3.05, 3.63) is 35.4 Å². The van der Waals surface area contributed by atoms with E-state index in [2.05, 4.69) is 67.2 Å². The fourth-order valence-corrected chi connectivity index (χ4v) is 2.87. The standard InChI is InChI=1S/C19H31N3O/c1-19(2,3)13-18(23)20-14-16-7-5-6-8-17(16)15-22-11-9-21(4)10-12-22/h5-8H,9-15H2,1-4H3,(H,20,23). The molecule has 0 aliphatic carbocycles. The summed E-state index contributed by atoms with van der Waals surface area (Å²) >= 11 is 0. The number of nitrogens with one attached hydrogen (secondary N) is 1. The minimum atomic E-state index is 0.0312. The van der Waals surface area contributed by atoms with Crippen LogP contribution in [0.25, 0.3) is 0 Å². The first-order valence-electron chi connectivity index (χ1n) is 8.58. The topological polar surface area (TPSA) is 35.6 Å². The monoisotopic (exact) mass is 317 g/mol. The first-order valence-corrected chi connectivity index (χ1v) is 8.58. The van der Waals surface area contributed by atoms with Crippen LogP contribution in [-0.4, -0.2) is 48.9 Å². The van der Waals surface area contributed by atoms with Crippen molar-refractivity contribution in [2.45, 2.75) is 40.3 Å². The molecule has 1 N–H and O–H groups in total. The van der Waals surface area contributed by atoms with Gasteiger partial charge in [0.25, 0.3) is 0 Å². The number of likely N-dealkylation sites (N-methyl/N-ethyl adjacent to an activating group) is 1. The van der Waals surface area contributed by atoms with Gasteiger partial charge in [-0.15, -0.1) is 0 Å². The first-order chi connectivity index (χ1) is 10.8. The van der Waals surface area contributed by atoms with Crippen LogP contribution in [0.4, 0.5) is 0 Å². The van der Waals surface area contributed by atoms with Crippen LogP contribution in [0.3, 0.4) is 0 Å². The van der Waals surface area contributed by atoms with Gasteiger partial charge in [0, 0.05) is 45.7 Å². The Morgan fingerprint density at radius 3 is 2.30 bits per heavy atom. The van der Waals surface area contributed by atoms with Gasteiger partial charge in [-0.3, -0.25) is 9.69 Å². The predicted octanol–water partition coefficient (Wildman–Crippen LogP) is 2.49. The number of hydrogen-bond donors (Lipinski definition) is 1. The third-order valence-corrected chi connectivity index (χ3v) is 4.28. The van der Waals surface area contributed by atoms with Crippen LogP contribution in [0, 0.1) is 5.41 Å². The van der Waals surface area contributed by atoms with E-state index >= 15 is 0 Å². The molecule has 4 heteroatoms. The molecule has 0 spiro atoms. The van der Waals surface area contributed by atoms with E-state index in [1.165, 1.54) is 11.1 Å². The average Bonchev–Trinajstić information content (AvgIpc) is 2.47. The molecule has 1 saturated heterocycles. The summed E-state index contributed by atoms with van der Waals surface area (Å²) in [5.41, 5.74) is 2.59. The minimum absolute atomic E-state index is 0.0312. The van der Waals surface area contributed by atoms with Crippen LogP contribution in [0.5, 0.6) is 0 Å². The van der Waals surface area contributed by atoms with Crippen LogP contribution >= 0.6 is 0 Å². The molecule has 4 nitrogen and oxygen atoms in total. The zero-order valence-corrected chi connectivity index (χ0v) is 15.1. The molecule has 1 heterocycles. The molecule has 1 amide bonds. The molecular weight excluding hydrogens is 286 g/mol. The van der Waals surface area contributed by atoms with Crippen LogP contribution < -0.4 is 5.32 Å². The molecule has 23 heavy (non-hydrogen) atoms. The summed E-state index contributed by atoms with van der Waals surface area (Å²) in [6.45, 7) is 12.4. The second kappa shape index (κ2) is 7.93. The van der Waals surface area contributed by atoms with E-state index in [1.54, 1.807) is 0 Å². The lowest BCUT2D eigenvalue weighted by atomic mass is 9.92. The van der Waals surface area contributed by atoms with Crippen molar-refractivity contribution >= 4 is 5.91 Å². The first kappa shape index (κ1) is 18.0. The Balaban J connectivity index is 1.91. The van der Waals surface area contributed by atoms with Crippen molar-refractivity contribution < 1.29 is 4.79 Å². The summed E-state index contributed by atoms with van der Waals surface area (Å²) in [6, 6.07) is 8.46. The van der Waals surface area contributed by atoms with E-state index < -0.39 is 0 Å². The Kier molecular flexibility index (Phi) is 6.19. The minimum Gasteiger partial charge on any atom is -0.352 e. The normalized spacial score (nSPS) is 17.2. The molecule has 1 fully saturated rings. The molecule has 0 atom stereocenters. The highest BCUT2D eigenvalue weighted by molar-refractivity contribution is 5.76. The number of nitrogens with zero attached hydrogens (tertiary/aromatic N) is 2. The number of benzene rings is 1. The van der Waals surface area contributed by atoms with E-state index in [4.69, 9.17) is 0 Å². The molecule has 1 aliphatic rings. The number of rotatable bonds is 5. The molecule has 0 unspecified atom stereocenters. The average molecular weight is 317 g/mol.